The zero-order valence-electron chi connectivity index (χ0n) is 13.0. The van der Waals surface area contributed by atoms with E-state index in [4.69, 9.17) is 5.73 Å². The van der Waals surface area contributed by atoms with E-state index in [0.29, 0.717) is 18.2 Å². The van der Waals surface area contributed by atoms with Crippen LogP contribution in [0.2, 0.25) is 0 Å². The highest BCUT2D eigenvalue weighted by Gasteiger charge is 2.36. The number of likely N-dealkylation sites (tertiary alicyclic amines) is 1. The van der Waals surface area contributed by atoms with Crippen molar-refractivity contribution in [2.75, 3.05) is 13.1 Å². The van der Waals surface area contributed by atoms with Crippen LogP contribution in [0.4, 0.5) is 0 Å². The van der Waals surface area contributed by atoms with E-state index in [1.54, 1.807) is 11.3 Å². The number of carbonyl (C=O) groups excluding carboxylic acids is 1. The highest BCUT2D eigenvalue weighted by molar-refractivity contribution is 7.09. The minimum Gasteiger partial charge on any atom is -0.337 e. The summed E-state index contributed by atoms with van der Waals surface area (Å²) in [6.45, 7) is 9.88. The zero-order chi connectivity index (χ0) is 14.2. The molecule has 2 heterocycles. The Bertz CT molecular complexity index is 477. The summed E-state index contributed by atoms with van der Waals surface area (Å²) in [5, 5.41) is 2.90. The Morgan fingerprint density at radius 2 is 2.10 bits per heavy atom. The van der Waals surface area contributed by atoms with Gasteiger partial charge in [-0.25, -0.2) is 4.98 Å². The third-order valence-electron chi connectivity index (χ3n) is 3.83. The summed E-state index contributed by atoms with van der Waals surface area (Å²) in [5.41, 5.74) is 6.67. The molecule has 21 heavy (non-hydrogen) atoms. The van der Waals surface area contributed by atoms with E-state index < -0.39 is 0 Å². The van der Waals surface area contributed by atoms with Gasteiger partial charge in [-0.05, 0) is 11.8 Å². The van der Waals surface area contributed by atoms with Crippen molar-refractivity contribution in [2.45, 2.75) is 46.1 Å². The molecule has 0 saturated carbocycles. The highest BCUT2D eigenvalue weighted by atomic mass is 35.5. The van der Waals surface area contributed by atoms with Gasteiger partial charge in [0, 0.05) is 30.4 Å². The number of nitrogens with two attached hydrogens (primary N) is 1. The molecule has 1 saturated heterocycles. The van der Waals surface area contributed by atoms with Crippen molar-refractivity contribution in [2.24, 2.45) is 11.1 Å². The van der Waals surface area contributed by atoms with Crippen molar-refractivity contribution in [3.63, 3.8) is 0 Å². The van der Waals surface area contributed by atoms with Gasteiger partial charge in [0.05, 0.1) is 5.01 Å². The molecule has 4 nitrogen and oxygen atoms in total. The molecule has 1 fully saturated rings. The van der Waals surface area contributed by atoms with E-state index in [1.165, 1.54) is 0 Å². The minimum atomic E-state index is -0.0230. The molecular weight excluding hydrogens is 329 g/mol. The largest absolute Gasteiger partial charge is 0.337 e. The average molecular weight is 354 g/mol. The third kappa shape index (κ3) is 4.55. The van der Waals surface area contributed by atoms with Gasteiger partial charge in [-0.3, -0.25) is 4.79 Å². The molecule has 1 aliphatic heterocycles. The van der Waals surface area contributed by atoms with Crippen LogP contribution in [0.1, 0.15) is 55.5 Å². The third-order valence-corrected chi connectivity index (χ3v) is 4.98. The Morgan fingerprint density at radius 3 is 2.57 bits per heavy atom. The second-order valence-corrected chi connectivity index (χ2v) is 7.23. The molecular formula is C14H25Cl2N3OS. The highest BCUT2D eigenvalue weighted by Crippen LogP contribution is 2.29. The second-order valence-electron chi connectivity index (χ2n) is 6.34. The minimum absolute atomic E-state index is 0. The molecule has 1 amide bonds. The topological polar surface area (TPSA) is 59.2 Å². The van der Waals surface area contributed by atoms with Crippen LogP contribution >= 0.6 is 36.2 Å². The Labute approximate surface area is 143 Å². The Kier molecular flexibility index (Phi) is 7.63. The average Bonchev–Trinajstić information content (AvgIpc) is 2.81. The number of amides is 1. The summed E-state index contributed by atoms with van der Waals surface area (Å²) in [5.74, 6) is 0.417. The number of hydrogen-bond acceptors (Lipinski definition) is 4. The molecule has 1 unspecified atom stereocenters. The van der Waals surface area contributed by atoms with Crippen molar-refractivity contribution < 1.29 is 4.79 Å². The summed E-state index contributed by atoms with van der Waals surface area (Å²) in [6, 6.07) is 0.165. The van der Waals surface area contributed by atoms with Crippen LogP contribution in [0, 0.1) is 5.41 Å². The number of piperidine rings is 1. The van der Waals surface area contributed by atoms with E-state index >= 15 is 0 Å². The smallest absolute Gasteiger partial charge is 0.273 e. The molecule has 122 valence electrons. The molecule has 0 spiro atoms. The molecule has 0 aliphatic carbocycles. The van der Waals surface area contributed by atoms with Crippen LogP contribution < -0.4 is 5.73 Å². The van der Waals surface area contributed by atoms with Crippen molar-refractivity contribution >= 4 is 42.1 Å². The van der Waals surface area contributed by atoms with Crippen LogP contribution in [0.15, 0.2) is 5.38 Å². The number of nitrogens with zero attached hydrogens (tertiary/aromatic N) is 2. The lowest BCUT2D eigenvalue weighted by molar-refractivity contribution is 0.0528. The van der Waals surface area contributed by atoms with E-state index in [1.807, 2.05) is 10.3 Å². The number of halogens is 2. The van der Waals surface area contributed by atoms with Crippen molar-refractivity contribution in [3.05, 3.63) is 16.1 Å². The first-order chi connectivity index (χ1) is 8.81. The van der Waals surface area contributed by atoms with Gasteiger partial charge in [-0.2, -0.15) is 0 Å². The first kappa shape index (κ1) is 20.6. The molecule has 0 aromatic carbocycles. The molecule has 1 aromatic heterocycles. The quantitative estimate of drug-likeness (QED) is 0.886. The standard InChI is InChI=1S/C14H23N3OS.2ClH/c1-9(2)12-16-10(7-19-12)13(18)17-6-5-11(15)14(3,4)8-17;;/h7,9,11H,5-6,8,15H2,1-4H3;2*1H. The fourth-order valence-electron chi connectivity index (χ4n) is 2.36. The summed E-state index contributed by atoms with van der Waals surface area (Å²) < 4.78 is 0. The zero-order valence-corrected chi connectivity index (χ0v) is 15.4. The van der Waals surface area contributed by atoms with Gasteiger partial charge >= 0.3 is 0 Å². The number of thiazole rings is 1. The van der Waals surface area contributed by atoms with Crippen LogP contribution in [0.25, 0.3) is 0 Å². The molecule has 0 bridgehead atoms. The van der Waals surface area contributed by atoms with Crippen LogP contribution in [-0.2, 0) is 0 Å². The van der Waals surface area contributed by atoms with Gasteiger partial charge in [0.2, 0.25) is 0 Å². The van der Waals surface area contributed by atoms with Gasteiger partial charge in [0.25, 0.3) is 5.91 Å². The predicted octanol–water partition coefficient (Wildman–Crippen LogP) is 3.31. The maximum absolute atomic E-state index is 12.5. The Balaban J connectivity index is 0.00000200. The summed E-state index contributed by atoms with van der Waals surface area (Å²) in [6.07, 6.45) is 0.861. The van der Waals surface area contributed by atoms with Crippen LogP contribution in [-0.4, -0.2) is 34.9 Å². The first-order valence-electron chi connectivity index (χ1n) is 6.81. The first-order valence-corrected chi connectivity index (χ1v) is 7.69. The van der Waals surface area contributed by atoms with Gasteiger partial charge < -0.3 is 10.6 Å². The number of carbonyl (C=O) groups is 1. The van der Waals surface area contributed by atoms with E-state index in [0.717, 1.165) is 18.0 Å². The second kappa shape index (κ2) is 7.77. The predicted molar refractivity (Wildman–Crippen MR) is 93.0 cm³/mol. The maximum atomic E-state index is 12.5. The Hall–Kier alpha value is -0.360. The lowest BCUT2D eigenvalue weighted by Crippen LogP contribution is -2.54. The molecule has 1 aromatic rings. The lowest BCUT2D eigenvalue weighted by Gasteiger charge is -2.42. The molecule has 2 rings (SSSR count). The Morgan fingerprint density at radius 1 is 1.48 bits per heavy atom. The molecule has 7 heteroatoms. The van der Waals surface area contributed by atoms with Crippen molar-refractivity contribution in [1.82, 2.24) is 9.88 Å². The van der Waals surface area contributed by atoms with Gasteiger partial charge in [0.1, 0.15) is 5.69 Å². The fraction of sp³-hybridized carbons (Fsp3) is 0.714. The molecule has 1 atom stereocenters. The van der Waals surface area contributed by atoms with Gasteiger partial charge in [-0.1, -0.05) is 27.7 Å². The van der Waals surface area contributed by atoms with Crippen LogP contribution in [0.5, 0.6) is 0 Å². The molecule has 0 radical (unpaired) electrons. The van der Waals surface area contributed by atoms with E-state index in [-0.39, 0.29) is 42.2 Å². The van der Waals surface area contributed by atoms with Crippen molar-refractivity contribution in [3.8, 4) is 0 Å². The normalized spacial score (nSPS) is 20.7. The number of rotatable bonds is 2. The summed E-state index contributed by atoms with van der Waals surface area (Å²) in [7, 11) is 0. The number of aromatic nitrogens is 1. The molecule has 2 N–H and O–H groups in total. The van der Waals surface area contributed by atoms with Crippen molar-refractivity contribution in [1.29, 1.82) is 0 Å². The fourth-order valence-corrected chi connectivity index (χ4v) is 3.17. The SMILES string of the molecule is CC(C)c1nc(C(=O)N2CCC(N)C(C)(C)C2)cs1.Cl.Cl. The van der Waals surface area contributed by atoms with Crippen LogP contribution in [0.3, 0.4) is 0 Å². The van der Waals surface area contributed by atoms with E-state index in [2.05, 4.69) is 32.7 Å². The molecule has 1 aliphatic rings. The summed E-state index contributed by atoms with van der Waals surface area (Å²) >= 11 is 1.57. The summed E-state index contributed by atoms with van der Waals surface area (Å²) in [4.78, 5) is 18.8. The van der Waals surface area contributed by atoms with E-state index in [9.17, 15) is 4.79 Å². The van der Waals surface area contributed by atoms with Gasteiger partial charge in [0.15, 0.2) is 0 Å². The number of hydrogen-bond donors (Lipinski definition) is 1. The van der Waals surface area contributed by atoms with Gasteiger partial charge in [-0.15, -0.1) is 36.2 Å². The lowest BCUT2D eigenvalue weighted by atomic mass is 9.79. The maximum Gasteiger partial charge on any atom is 0.273 e. The monoisotopic (exact) mass is 353 g/mol.